The molecule has 31 heavy (non-hydrogen) atoms. The highest BCUT2D eigenvalue weighted by atomic mass is 32.1. The molecule has 2 radical (unpaired) electrons. The first-order valence-corrected chi connectivity index (χ1v) is 13.0. The molecule has 3 heteroatoms. The van der Waals surface area contributed by atoms with E-state index in [2.05, 4.69) is 68.7 Å². The van der Waals surface area contributed by atoms with Crippen LogP contribution in [0, 0.1) is 0 Å². The molecule has 1 aromatic rings. The van der Waals surface area contributed by atoms with E-state index in [1.165, 1.54) is 72.2 Å². The molecule has 0 spiro atoms. The highest BCUT2D eigenvalue weighted by Crippen LogP contribution is 2.45. The smallest absolute Gasteiger partial charge is 0.128 e. The number of rotatable bonds is 10. The van der Waals surface area contributed by atoms with E-state index in [4.69, 9.17) is 7.85 Å². The zero-order chi connectivity index (χ0) is 22.2. The summed E-state index contributed by atoms with van der Waals surface area (Å²) >= 11 is 1.75. The van der Waals surface area contributed by atoms with Crippen LogP contribution in [0.15, 0.2) is 59.9 Å². The normalized spacial score (nSPS) is 20.4. The lowest BCUT2D eigenvalue weighted by atomic mass is 9.80. The fraction of sp³-hybridized carbons (Fsp3) is 0.500. The highest BCUT2D eigenvalue weighted by molar-refractivity contribution is 7.21. The topological polar surface area (TPSA) is 3.24 Å². The second-order valence-corrected chi connectivity index (χ2v) is 9.83. The molecule has 1 aliphatic carbocycles. The van der Waals surface area contributed by atoms with Crippen LogP contribution in [-0.2, 0) is 6.42 Å². The van der Waals surface area contributed by atoms with Crippen molar-refractivity contribution < 1.29 is 0 Å². The van der Waals surface area contributed by atoms with Crippen molar-refractivity contribution >= 4 is 29.5 Å². The van der Waals surface area contributed by atoms with Gasteiger partial charge in [0.15, 0.2) is 0 Å². The summed E-state index contributed by atoms with van der Waals surface area (Å²) in [4.78, 5) is 3.97. The lowest BCUT2D eigenvalue weighted by molar-refractivity contribution is 0.267. The molecule has 0 amide bonds. The Morgan fingerprint density at radius 1 is 1.19 bits per heavy atom. The zero-order valence-electron chi connectivity index (χ0n) is 19.8. The van der Waals surface area contributed by atoms with E-state index in [1.807, 2.05) is 0 Å². The zero-order valence-corrected chi connectivity index (χ0v) is 20.6. The maximum absolute atomic E-state index is 6.35. The van der Waals surface area contributed by atoms with Crippen LogP contribution in [0.4, 0.5) is 0 Å². The predicted octanol–water partition coefficient (Wildman–Crippen LogP) is 7.27. The number of thiophene rings is 1. The molecule has 0 aromatic carbocycles. The summed E-state index contributed by atoms with van der Waals surface area (Å²) in [7, 11) is 6.35. The van der Waals surface area contributed by atoms with Crippen LogP contribution in [0.3, 0.4) is 0 Å². The fourth-order valence-corrected chi connectivity index (χ4v) is 5.87. The summed E-state index contributed by atoms with van der Waals surface area (Å²) in [5.74, 6) is 0. The van der Waals surface area contributed by atoms with Crippen LogP contribution in [0.2, 0.25) is 0 Å². The van der Waals surface area contributed by atoms with Crippen molar-refractivity contribution in [3.05, 3.63) is 70.3 Å². The van der Waals surface area contributed by atoms with E-state index in [0.717, 1.165) is 29.7 Å². The Morgan fingerprint density at radius 3 is 2.74 bits per heavy atom. The van der Waals surface area contributed by atoms with Crippen LogP contribution < -0.4 is 4.78 Å². The minimum Gasteiger partial charge on any atom is -0.364 e. The molecule has 164 valence electrons. The second kappa shape index (κ2) is 11.8. The maximum atomic E-state index is 6.35. The molecule has 0 bridgehead atoms. The van der Waals surface area contributed by atoms with E-state index in [-0.39, 0.29) is 0 Å². The van der Waals surface area contributed by atoms with Gasteiger partial charge in [-0.15, -0.1) is 0 Å². The molecule has 1 unspecified atom stereocenters. The molecular formula is C28H38BNS. The van der Waals surface area contributed by atoms with Gasteiger partial charge in [0.1, 0.15) is 7.85 Å². The first-order valence-electron chi connectivity index (χ1n) is 12.2. The largest absolute Gasteiger partial charge is 0.364 e. The van der Waals surface area contributed by atoms with Crippen molar-refractivity contribution in [2.45, 2.75) is 84.6 Å². The Bertz CT molecular complexity index is 883. The third kappa shape index (κ3) is 5.55. The Balaban J connectivity index is 2.08. The maximum Gasteiger partial charge on any atom is 0.128 e. The number of allylic oxidation sites excluding steroid dienone is 5. The quantitative estimate of drug-likeness (QED) is 0.278. The molecule has 0 saturated carbocycles. The lowest BCUT2D eigenvalue weighted by Crippen LogP contribution is -2.41. The number of aryl methyl sites for hydroxylation is 1. The molecule has 0 saturated heterocycles. The average molecular weight is 431 g/mol. The average Bonchev–Trinajstić information content (AvgIpc) is 3.14. The Labute approximate surface area is 195 Å². The monoisotopic (exact) mass is 431 g/mol. The summed E-state index contributed by atoms with van der Waals surface area (Å²) in [6.45, 7) is 12.4. The first-order chi connectivity index (χ1) is 15.1. The van der Waals surface area contributed by atoms with Gasteiger partial charge < -0.3 is 4.90 Å². The third-order valence-corrected chi connectivity index (χ3v) is 7.43. The van der Waals surface area contributed by atoms with Gasteiger partial charge >= 0.3 is 0 Å². The van der Waals surface area contributed by atoms with Crippen molar-refractivity contribution in [1.29, 1.82) is 0 Å². The summed E-state index contributed by atoms with van der Waals surface area (Å²) in [5.41, 5.74) is 6.64. The van der Waals surface area contributed by atoms with Crippen molar-refractivity contribution in [1.82, 2.24) is 4.90 Å². The Kier molecular flexibility index (Phi) is 9.08. The van der Waals surface area contributed by atoms with E-state index < -0.39 is 0 Å². The van der Waals surface area contributed by atoms with Gasteiger partial charge in [0, 0.05) is 22.7 Å². The number of fused-ring (bicyclic) bond motifs is 1. The van der Waals surface area contributed by atoms with Gasteiger partial charge in [-0.2, -0.15) is 11.3 Å². The molecule has 1 aromatic heterocycles. The van der Waals surface area contributed by atoms with E-state index >= 15 is 0 Å². The number of hydrogen-bond acceptors (Lipinski definition) is 2. The lowest BCUT2D eigenvalue weighted by Gasteiger charge is -2.44. The number of unbranched alkanes of at least 4 members (excludes halogenated alkanes) is 4. The van der Waals surface area contributed by atoms with Crippen molar-refractivity contribution in [2.75, 3.05) is 6.54 Å². The van der Waals surface area contributed by atoms with E-state index in [9.17, 15) is 0 Å². The van der Waals surface area contributed by atoms with Gasteiger partial charge in [-0.05, 0) is 66.6 Å². The summed E-state index contributed by atoms with van der Waals surface area (Å²) < 4.78 is 0.921. The van der Waals surface area contributed by atoms with Crippen LogP contribution >= 0.6 is 11.3 Å². The number of nitrogens with zero attached hydrogens (tertiary/aromatic N) is 1. The molecule has 1 nitrogen and oxygen atoms in total. The Morgan fingerprint density at radius 2 is 2.00 bits per heavy atom. The molecule has 1 aliphatic heterocycles. The minimum absolute atomic E-state index is 0.435. The molecule has 0 fully saturated rings. The van der Waals surface area contributed by atoms with E-state index in [0.29, 0.717) is 6.04 Å². The minimum atomic E-state index is 0.435. The third-order valence-electron chi connectivity index (χ3n) is 6.40. The van der Waals surface area contributed by atoms with Crippen LogP contribution in [-0.4, -0.2) is 25.3 Å². The predicted molar refractivity (Wildman–Crippen MR) is 140 cm³/mol. The summed E-state index contributed by atoms with van der Waals surface area (Å²) in [6, 6.07) is 2.65. The van der Waals surface area contributed by atoms with Gasteiger partial charge in [-0.25, -0.2) is 0 Å². The van der Waals surface area contributed by atoms with Gasteiger partial charge in [0.25, 0.3) is 0 Å². The highest BCUT2D eigenvalue weighted by Gasteiger charge is 2.35. The second-order valence-electron chi connectivity index (χ2n) is 8.74. The van der Waals surface area contributed by atoms with Gasteiger partial charge in [0.2, 0.25) is 0 Å². The molecule has 0 N–H and O–H groups in total. The molecule has 2 aliphatic rings. The fourth-order valence-electron chi connectivity index (χ4n) is 4.79. The van der Waals surface area contributed by atoms with E-state index in [1.54, 1.807) is 11.3 Å². The standard InChI is InChI=1S/C28H38BNS/c1-5-8-11-12-15-22-20-26(29)31-28(22)27-21(4)24(17-9-6-2)30(19-10-7-3)25-18-14-13-16-23(25)27/h6,9,13,16-17,20,25H,4-5,7-8,10-12,14-15,18-19H2,1-3H3/b9-6-,24-17+. The van der Waals surface area contributed by atoms with Crippen LogP contribution in [0.1, 0.15) is 82.6 Å². The van der Waals surface area contributed by atoms with Gasteiger partial charge in [-0.1, -0.05) is 76.5 Å². The first kappa shape index (κ1) is 23.9. The summed E-state index contributed by atoms with van der Waals surface area (Å²) in [6.07, 6.45) is 22.2. The molecule has 1 atom stereocenters. The summed E-state index contributed by atoms with van der Waals surface area (Å²) in [5, 5.41) is 0. The van der Waals surface area contributed by atoms with Crippen molar-refractivity contribution in [3.8, 4) is 0 Å². The number of hydrogen-bond donors (Lipinski definition) is 0. The molecule has 2 heterocycles. The molecular weight excluding hydrogens is 393 g/mol. The van der Waals surface area contributed by atoms with Crippen LogP contribution in [0.5, 0.6) is 0 Å². The van der Waals surface area contributed by atoms with Crippen molar-refractivity contribution in [2.24, 2.45) is 0 Å². The Hall–Kier alpha value is -1.74. The van der Waals surface area contributed by atoms with Gasteiger partial charge in [0.05, 0.1) is 6.04 Å². The van der Waals surface area contributed by atoms with Gasteiger partial charge in [-0.3, -0.25) is 0 Å². The molecule has 3 rings (SSSR count). The van der Waals surface area contributed by atoms with Crippen LogP contribution in [0.25, 0.3) is 5.57 Å². The van der Waals surface area contributed by atoms with Crippen molar-refractivity contribution in [3.63, 3.8) is 0 Å². The SMILES string of the molecule is [B]c1cc(CCCCCC)c(C2=C3C=CCCC3N(CCCC)/C(=C/C=C\C)C2=C)s1.